The summed E-state index contributed by atoms with van der Waals surface area (Å²) in [4.78, 5) is 12.1. The van der Waals surface area contributed by atoms with Crippen molar-refractivity contribution in [3.8, 4) is 0 Å². The van der Waals surface area contributed by atoms with Crippen LogP contribution in [0.4, 0.5) is 0 Å². The standard InChI is InChI=1S/C12H13BrN2OS/c1-7-9(8(2)15(3)14-7)4-12(16)10-5-17-6-11(10)13/h5-6H,4H2,1-3H3. The van der Waals surface area contributed by atoms with E-state index in [1.807, 2.05) is 36.3 Å². The summed E-state index contributed by atoms with van der Waals surface area (Å²) in [6.07, 6.45) is 0.417. The summed E-state index contributed by atoms with van der Waals surface area (Å²) < 4.78 is 2.70. The summed E-state index contributed by atoms with van der Waals surface area (Å²) in [5.74, 6) is 0.136. The minimum Gasteiger partial charge on any atom is -0.294 e. The summed E-state index contributed by atoms with van der Waals surface area (Å²) in [6, 6.07) is 0. The van der Waals surface area contributed by atoms with Gasteiger partial charge in [0.25, 0.3) is 0 Å². The molecule has 2 rings (SSSR count). The van der Waals surface area contributed by atoms with Gasteiger partial charge in [-0.1, -0.05) is 0 Å². The van der Waals surface area contributed by atoms with Crippen LogP contribution in [0.2, 0.25) is 0 Å². The molecule has 0 aliphatic carbocycles. The van der Waals surface area contributed by atoms with E-state index in [4.69, 9.17) is 0 Å². The summed E-state index contributed by atoms with van der Waals surface area (Å²) in [7, 11) is 1.90. The van der Waals surface area contributed by atoms with E-state index in [-0.39, 0.29) is 5.78 Å². The number of aromatic nitrogens is 2. The van der Waals surface area contributed by atoms with Gasteiger partial charge in [-0.15, -0.1) is 0 Å². The summed E-state index contributed by atoms with van der Waals surface area (Å²) in [6.45, 7) is 3.93. The van der Waals surface area contributed by atoms with Crippen LogP contribution in [0.25, 0.3) is 0 Å². The van der Waals surface area contributed by atoms with Crippen LogP contribution in [0.1, 0.15) is 27.3 Å². The van der Waals surface area contributed by atoms with Gasteiger partial charge < -0.3 is 0 Å². The van der Waals surface area contributed by atoms with E-state index in [1.54, 1.807) is 0 Å². The maximum absolute atomic E-state index is 12.1. The van der Waals surface area contributed by atoms with Gasteiger partial charge in [0.1, 0.15) is 0 Å². The van der Waals surface area contributed by atoms with Crippen LogP contribution in [0, 0.1) is 13.8 Å². The summed E-state index contributed by atoms with van der Waals surface area (Å²) in [5, 5.41) is 8.13. The molecule has 2 aromatic heterocycles. The van der Waals surface area contributed by atoms with Crippen LogP contribution in [-0.4, -0.2) is 15.6 Å². The summed E-state index contributed by atoms with van der Waals surface area (Å²) in [5.41, 5.74) is 3.79. The molecule has 0 bridgehead atoms. The van der Waals surface area contributed by atoms with Crippen molar-refractivity contribution in [2.45, 2.75) is 20.3 Å². The predicted octanol–water partition coefficient (Wildman–Crippen LogP) is 3.29. The molecular formula is C12H13BrN2OS. The highest BCUT2D eigenvalue weighted by atomic mass is 79.9. The van der Waals surface area contributed by atoms with Gasteiger partial charge >= 0.3 is 0 Å². The molecule has 0 radical (unpaired) electrons. The molecule has 0 atom stereocenters. The van der Waals surface area contributed by atoms with E-state index in [2.05, 4.69) is 21.0 Å². The Balaban J connectivity index is 2.28. The van der Waals surface area contributed by atoms with Gasteiger partial charge in [-0.05, 0) is 29.8 Å². The maximum atomic E-state index is 12.1. The SMILES string of the molecule is Cc1nn(C)c(C)c1CC(=O)c1cscc1Br. The number of Topliss-reactive ketones (excluding diaryl/α,β-unsaturated/α-hetero) is 1. The highest BCUT2D eigenvalue weighted by Gasteiger charge is 2.16. The first-order valence-electron chi connectivity index (χ1n) is 5.24. The normalized spacial score (nSPS) is 10.8. The van der Waals surface area contributed by atoms with E-state index in [9.17, 15) is 4.79 Å². The first kappa shape index (κ1) is 12.5. The number of halogens is 1. The molecule has 0 saturated heterocycles. The third kappa shape index (κ3) is 2.35. The first-order chi connectivity index (χ1) is 8.00. The molecule has 3 nitrogen and oxygen atoms in total. The first-order valence-corrected chi connectivity index (χ1v) is 6.98. The van der Waals surface area contributed by atoms with E-state index in [0.717, 1.165) is 27.0 Å². The molecule has 2 aromatic rings. The quantitative estimate of drug-likeness (QED) is 0.815. The molecule has 0 aliphatic rings. The van der Waals surface area contributed by atoms with Gasteiger partial charge in [0.2, 0.25) is 0 Å². The summed E-state index contributed by atoms with van der Waals surface area (Å²) >= 11 is 4.92. The van der Waals surface area contributed by atoms with Crippen molar-refractivity contribution in [1.82, 2.24) is 9.78 Å². The van der Waals surface area contributed by atoms with Crippen LogP contribution in [0.15, 0.2) is 15.2 Å². The van der Waals surface area contributed by atoms with Crippen molar-refractivity contribution in [1.29, 1.82) is 0 Å². The second-order valence-corrected chi connectivity index (χ2v) is 5.60. The topological polar surface area (TPSA) is 34.9 Å². The number of thiophene rings is 1. The van der Waals surface area contributed by atoms with Crippen molar-refractivity contribution in [2.75, 3.05) is 0 Å². The second-order valence-electron chi connectivity index (χ2n) is 4.01. The average Bonchev–Trinajstić information content (AvgIpc) is 2.78. The van der Waals surface area contributed by atoms with Crippen LogP contribution in [-0.2, 0) is 13.5 Å². The number of ketones is 1. The highest BCUT2D eigenvalue weighted by molar-refractivity contribution is 9.10. The molecule has 0 fully saturated rings. The van der Waals surface area contributed by atoms with Crippen LogP contribution < -0.4 is 0 Å². The molecule has 0 N–H and O–H groups in total. The Labute approximate surface area is 113 Å². The molecule has 5 heteroatoms. The molecule has 0 amide bonds. The van der Waals surface area contributed by atoms with Crippen molar-refractivity contribution in [3.05, 3.63) is 37.7 Å². The minimum absolute atomic E-state index is 0.136. The molecule has 2 heterocycles. The Hall–Kier alpha value is -0.940. The molecule has 0 saturated carbocycles. The Bertz CT molecular complexity index is 571. The van der Waals surface area contributed by atoms with Crippen LogP contribution in [0.3, 0.4) is 0 Å². The van der Waals surface area contributed by atoms with Crippen molar-refractivity contribution in [2.24, 2.45) is 7.05 Å². The second kappa shape index (κ2) is 4.74. The maximum Gasteiger partial charge on any atom is 0.169 e. The molecule has 0 aliphatic heterocycles. The van der Waals surface area contributed by atoms with Gasteiger partial charge in [-0.25, -0.2) is 0 Å². The van der Waals surface area contributed by atoms with Crippen LogP contribution in [0.5, 0.6) is 0 Å². The largest absolute Gasteiger partial charge is 0.294 e. The lowest BCUT2D eigenvalue weighted by Crippen LogP contribution is -2.05. The zero-order valence-electron chi connectivity index (χ0n) is 9.95. The van der Waals surface area contributed by atoms with E-state index in [0.29, 0.717) is 6.42 Å². The predicted molar refractivity (Wildman–Crippen MR) is 72.7 cm³/mol. The van der Waals surface area contributed by atoms with Gasteiger partial charge in [0, 0.05) is 45.5 Å². The van der Waals surface area contributed by atoms with E-state index in [1.165, 1.54) is 11.3 Å². The fourth-order valence-electron chi connectivity index (χ4n) is 1.81. The van der Waals surface area contributed by atoms with E-state index < -0.39 is 0 Å². The lowest BCUT2D eigenvalue weighted by Gasteiger charge is -2.01. The number of rotatable bonds is 3. The fourth-order valence-corrected chi connectivity index (χ4v) is 3.33. The third-order valence-corrected chi connectivity index (χ3v) is 4.61. The molecule has 0 spiro atoms. The fraction of sp³-hybridized carbons (Fsp3) is 0.333. The zero-order chi connectivity index (χ0) is 12.6. The average molecular weight is 313 g/mol. The van der Waals surface area contributed by atoms with Gasteiger partial charge in [-0.3, -0.25) is 9.48 Å². The Morgan fingerprint density at radius 2 is 2.18 bits per heavy atom. The smallest absolute Gasteiger partial charge is 0.169 e. The van der Waals surface area contributed by atoms with Crippen LogP contribution >= 0.6 is 27.3 Å². The molecule has 0 unspecified atom stereocenters. The van der Waals surface area contributed by atoms with E-state index >= 15 is 0 Å². The number of carbonyl (C=O) groups excluding carboxylic acids is 1. The van der Waals surface area contributed by atoms with Gasteiger partial charge in [0.15, 0.2) is 5.78 Å². The minimum atomic E-state index is 0.136. The number of aryl methyl sites for hydroxylation is 2. The third-order valence-electron chi connectivity index (χ3n) is 2.91. The van der Waals surface area contributed by atoms with Crippen molar-refractivity contribution >= 4 is 33.0 Å². The number of hydrogen-bond donors (Lipinski definition) is 0. The molecular weight excluding hydrogens is 300 g/mol. The highest BCUT2D eigenvalue weighted by Crippen LogP contribution is 2.24. The molecule has 17 heavy (non-hydrogen) atoms. The zero-order valence-corrected chi connectivity index (χ0v) is 12.4. The Morgan fingerprint density at radius 1 is 1.47 bits per heavy atom. The Morgan fingerprint density at radius 3 is 2.65 bits per heavy atom. The monoisotopic (exact) mass is 312 g/mol. The van der Waals surface area contributed by atoms with Crippen molar-refractivity contribution < 1.29 is 4.79 Å². The number of carbonyl (C=O) groups is 1. The lowest BCUT2D eigenvalue weighted by atomic mass is 10.0. The van der Waals surface area contributed by atoms with Gasteiger partial charge in [0.05, 0.1) is 5.69 Å². The Kier molecular flexibility index (Phi) is 3.49. The number of hydrogen-bond acceptors (Lipinski definition) is 3. The lowest BCUT2D eigenvalue weighted by molar-refractivity contribution is 0.0992. The molecule has 0 aromatic carbocycles. The van der Waals surface area contributed by atoms with Crippen molar-refractivity contribution in [3.63, 3.8) is 0 Å². The molecule has 90 valence electrons. The van der Waals surface area contributed by atoms with Gasteiger partial charge in [-0.2, -0.15) is 16.4 Å². The number of nitrogens with zero attached hydrogens (tertiary/aromatic N) is 2.